The van der Waals surface area contributed by atoms with Gasteiger partial charge in [-0.15, -0.1) is 0 Å². The molecular formula is C22H29N5O7. The fourth-order valence-electron chi connectivity index (χ4n) is 3.34. The molecule has 2 aromatic heterocycles. The average Bonchev–Trinajstić information content (AvgIpc) is 3.36. The van der Waals surface area contributed by atoms with Crippen molar-refractivity contribution in [2.75, 3.05) is 12.3 Å². The van der Waals surface area contributed by atoms with Crippen molar-refractivity contribution in [1.82, 2.24) is 14.6 Å². The van der Waals surface area contributed by atoms with Gasteiger partial charge < -0.3 is 20.3 Å². The predicted molar refractivity (Wildman–Crippen MR) is 116 cm³/mol. The number of esters is 1. The zero-order chi connectivity index (χ0) is 25.3. The molecular weight excluding hydrogens is 446 g/mol. The maximum absolute atomic E-state index is 12.4. The van der Waals surface area contributed by atoms with Crippen LogP contribution in [0.1, 0.15) is 46.7 Å². The van der Waals surface area contributed by atoms with Crippen LogP contribution in [0.4, 0.5) is 5.82 Å². The number of carbonyl (C=O) groups excluding carboxylic acids is 2. The van der Waals surface area contributed by atoms with Crippen molar-refractivity contribution in [3.63, 3.8) is 0 Å². The molecule has 12 heteroatoms. The number of nitrogens with zero attached hydrogens (tertiary/aromatic N) is 4. The third-order valence-corrected chi connectivity index (χ3v) is 5.99. The lowest BCUT2D eigenvalue weighted by atomic mass is 9.91. The Morgan fingerprint density at radius 1 is 1.41 bits per heavy atom. The second kappa shape index (κ2) is 9.54. The molecule has 1 aliphatic heterocycles. The minimum atomic E-state index is -2.00. The summed E-state index contributed by atoms with van der Waals surface area (Å²) in [6, 6.07) is 5.07. The Hall–Kier alpha value is -3.27. The summed E-state index contributed by atoms with van der Waals surface area (Å²) in [5.74, 6) is -1.43. The molecule has 3 N–H and O–H groups in total. The van der Waals surface area contributed by atoms with Gasteiger partial charge in [0.2, 0.25) is 5.60 Å². The molecule has 1 saturated heterocycles. The second-order valence-corrected chi connectivity index (χ2v) is 9.06. The summed E-state index contributed by atoms with van der Waals surface area (Å²) in [4.78, 5) is 38.7. The van der Waals surface area contributed by atoms with E-state index < -0.39 is 47.2 Å². The quantitative estimate of drug-likeness (QED) is 0.320. The van der Waals surface area contributed by atoms with E-state index in [2.05, 4.69) is 10.1 Å². The molecule has 0 aromatic carbocycles. The SMILES string of the molecule is CCC(C)(C)C(=O)OO[C@H]1[C@@H](O)[C@](C#N)(c2ccc3c(N)ncnn23)O[C@@H]1COC(=O)C(C)C. The van der Waals surface area contributed by atoms with Gasteiger partial charge >= 0.3 is 11.9 Å². The number of aliphatic hydroxyl groups excluding tert-OH is 1. The highest BCUT2D eigenvalue weighted by Gasteiger charge is 2.60. The molecule has 3 heterocycles. The standard InChI is InChI=1S/C22H29N5O7/c1-6-21(4,5)20(30)34-33-16-14(9-31-19(29)12(2)3)32-22(10-23,17(16)28)15-8-7-13-18(24)25-11-26-27(13)15/h7-8,11-12,14,16-17,28H,6,9H2,1-5H3,(H2,24,25,26)/t14-,16-,17-,22+/m1/s1. The maximum Gasteiger partial charge on any atom is 0.347 e. The third-order valence-electron chi connectivity index (χ3n) is 5.99. The molecule has 0 amide bonds. The van der Waals surface area contributed by atoms with Gasteiger partial charge in [0, 0.05) is 0 Å². The number of hydrogen-bond donors (Lipinski definition) is 2. The summed E-state index contributed by atoms with van der Waals surface area (Å²) >= 11 is 0. The van der Waals surface area contributed by atoms with Crippen LogP contribution in [0.3, 0.4) is 0 Å². The molecule has 34 heavy (non-hydrogen) atoms. The molecule has 2 aromatic rings. The molecule has 0 radical (unpaired) electrons. The van der Waals surface area contributed by atoms with Crippen LogP contribution >= 0.6 is 0 Å². The van der Waals surface area contributed by atoms with Crippen molar-refractivity contribution < 1.29 is 33.9 Å². The van der Waals surface area contributed by atoms with E-state index in [4.69, 9.17) is 25.0 Å². The topological polar surface area (TPSA) is 171 Å². The Morgan fingerprint density at radius 2 is 2.12 bits per heavy atom. The minimum Gasteiger partial charge on any atom is -0.463 e. The van der Waals surface area contributed by atoms with E-state index in [1.807, 2.05) is 13.0 Å². The van der Waals surface area contributed by atoms with Crippen molar-refractivity contribution in [2.45, 2.75) is 65.0 Å². The van der Waals surface area contributed by atoms with Crippen LogP contribution in [0.15, 0.2) is 18.5 Å². The van der Waals surface area contributed by atoms with Crippen molar-refractivity contribution in [2.24, 2.45) is 11.3 Å². The molecule has 12 nitrogen and oxygen atoms in total. The highest BCUT2D eigenvalue weighted by molar-refractivity contribution is 5.75. The van der Waals surface area contributed by atoms with Crippen LogP contribution in [0.5, 0.6) is 0 Å². The van der Waals surface area contributed by atoms with Crippen LogP contribution in [-0.4, -0.2) is 56.6 Å². The van der Waals surface area contributed by atoms with Crippen molar-refractivity contribution in [1.29, 1.82) is 5.26 Å². The lowest BCUT2D eigenvalue weighted by Gasteiger charge is -2.25. The molecule has 0 unspecified atom stereocenters. The molecule has 1 aliphatic rings. The fraction of sp³-hybridized carbons (Fsp3) is 0.591. The number of aromatic nitrogens is 3. The zero-order valence-corrected chi connectivity index (χ0v) is 19.7. The van der Waals surface area contributed by atoms with Crippen molar-refractivity contribution in [3.8, 4) is 6.07 Å². The number of aliphatic hydroxyl groups is 1. The summed E-state index contributed by atoms with van der Waals surface area (Å²) in [5.41, 5.74) is 3.59. The molecule has 1 fully saturated rings. The van der Waals surface area contributed by atoms with Gasteiger partial charge in [0.15, 0.2) is 11.9 Å². The molecule has 184 valence electrons. The number of nitriles is 1. The Labute approximate surface area is 196 Å². The van der Waals surface area contributed by atoms with E-state index >= 15 is 0 Å². The average molecular weight is 476 g/mol. The number of carbonyl (C=O) groups is 2. The van der Waals surface area contributed by atoms with Crippen molar-refractivity contribution >= 4 is 23.3 Å². The zero-order valence-electron chi connectivity index (χ0n) is 19.7. The lowest BCUT2D eigenvalue weighted by Crippen LogP contribution is -2.43. The van der Waals surface area contributed by atoms with Crippen LogP contribution in [-0.2, 0) is 34.4 Å². The summed E-state index contributed by atoms with van der Waals surface area (Å²) in [6.07, 6.45) is -2.45. The van der Waals surface area contributed by atoms with E-state index in [1.54, 1.807) is 33.8 Å². The molecule has 0 aliphatic carbocycles. The monoisotopic (exact) mass is 475 g/mol. The number of nitrogens with two attached hydrogens (primary N) is 1. The molecule has 0 saturated carbocycles. The van der Waals surface area contributed by atoms with Gasteiger partial charge in [-0.05, 0) is 32.4 Å². The number of fused-ring (bicyclic) bond motifs is 1. The van der Waals surface area contributed by atoms with E-state index in [-0.39, 0.29) is 18.1 Å². The largest absolute Gasteiger partial charge is 0.463 e. The normalized spacial score (nSPS) is 24.8. The number of ether oxygens (including phenoxy) is 2. The molecule has 3 rings (SSSR count). The van der Waals surface area contributed by atoms with Gasteiger partial charge in [-0.1, -0.05) is 20.8 Å². The van der Waals surface area contributed by atoms with Gasteiger partial charge in [0.25, 0.3) is 0 Å². The second-order valence-electron chi connectivity index (χ2n) is 9.06. The first-order chi connectivity index (χ1) is 16.0. The molecule has 0 spiro atoms. The highest BCUT2D eigenvalue weighted by atomic mass is 17.2. The minimum absolute atomic E-state index is 0.151. The van der Waals surface area contributed by atoms with Crippen LogP contribution in [0.2, 0.25) is 0 Å². The van der Waals surface area contributed by atoms with Gasteiger partial charge in [0.05, 0.1) is 17.0 Å². The first-order valence-electron chi connectivity index (χ1n) is 10.9. The summed E-state index contributed by atoms with van der Waals surface area (Å²) < 4.78 is 12.5. The Balaban J connectivity index is 1.96. The molecule has 0 bridgehead atoms. The van der Waals surface area contributed by atoms with Crippen LogP contribution in [0, 0.1) is 22.7 Å². The highest BCUT2D eigenvalue weighted by Crippen LogP contribution is 2.42. The summed E-state index contributed by atoms with van der Waals surface area (Å²) in [6.45, 7) is 8.14. The third kappa shape index (κ3) is 4.42. The van der Waals surface area contributed by atoms with Crippen LogP contribution in [0.25, 0.3) is 5.52 Å². The fourth-order valence-corrected chi connectivity index (χ4v) is 3.34. The van der Waals surface area contributed by atoms with Gasteiger partial charge in [0.1, 0.15) is 36.7 Å². The Kier molecular flexibility index (Phi) is 7.11. The Bertz CT molecular complexity index is 1110. The molecule has 4 atom stereocenters. The van der Waals surface area contributed by atoms with E-state index in [0.717, 1.165) is 0 Å². The number of anilines is 1. The van der Waals surface area contributed by atoms with Crippen molar-refractivity contribution in [3.05, 3.63) is 24.2 Å². The first kappa shape index (κ1) is 25.4. The Morgan fingerprint density at radius 3 is 2.74 bits per heavy atom. The summed E-state index contributed by atoms with van der Waals surface area (Å²) in [5, 5.41) is 25.5. The number of rotatable bonds is 8. The first-order valence-corrected chi connectivity index (χ1v) is 10.9. The number of nitrogen functional groups attached to an aromatic ring is 1. The van der Waals surface area contributed by atoms with E-state index in [9.17, 15) is 20.0 Å². The predicted octanol–water partition coefficient (Wildman–Crippen LogP) is 1.27. The summed E-state index contributed by atoms with van der Waals surface area (Å²) in [7, 11) is 0. The maximum atomic E-state index is 12.4. The van der Waals surface area contributed by atoms with Gasteiger partial charge in [-0.3, -0.25) is 9.68 Å². The number of hydrogen-bond acceptors (Lipinski definition) is 11. The lowest BCUT2D eigenvalue weighted by molar-refractivity contribution is -0.320. The smallest absolute Gasteiger partial charge is 0.347 e. The van der Waals surface area contributed by atoms with Gasteiger partial charge in [-0.2, -0.15) is 15.2 Å². The van der Waals surface area contributed by atoms with Crippen LogP contribution < -0.4 is 5.73 Å². The van der Waals surface area contributed by atoms with Gasteiger partial charge in [-0.25, -0.2) is 14.3 Å². The van der Waals surface area contributed by atoms with E-state index in [0.29, 0.717) is 11.9 Å². The van der Waals surface area contributed by atoms with E-state index in [1.165, 1.54) is 16.9 Å².